The largest absolute Gasteiger partial charge is 0.355 e. The van der Waals surface area contributed by atoms with Gasteiger partial charge in [0.2, 0.25) is 15.9 Å². The molecule has 0 aromatic carbocycles. The molecule has 2 rings (SSSR count). The molecule has 0 aromatic heterocycles. The Kier molecular flexibility index (Phi) is 5.85. The summed E-state index contributed by atoms with van der Waals surface area (Å²) in [5.74, 6) is 1.87. The summed E-state index contributed by atoms with van der Waals surface area (Å²) < 4.78 is 26.0. The molecule has 1 aliphatic carbocycles. The van der Waals surface area contributed by atoms with Crippen molar-refractivity contribution in [3.63, 3.8) is 0 Å². The molecule has 1 N–H and O–H groups in total. The SMILES string of the molecule is CC(C)=C[C@H]1[C@H](C(=O)NCCS(=O)(=O)N2CCSCC2)C1(C)C. The van der Waals surface area contributed by atoms with Crippen molar-refractivity contribution in [1.82, 2.24) is 9.62 Å². The lowest BCUT2D eigenvalue weighted by Gasteiger charge is -2.25. The van der Waals surface area contributed by atoms with Gasteiger partial charge in [-0.1, -0.05) is 25.5 Å². The summed E-state index contributed by atoms with van der Waals surface area (Å²) in [7, 11) is -3.25. The second kappa shape index (κ2) is 7.15. The number of allylic oxidation sites excluding steroid dienone is 2. The Hall–Kier alpha value is -0.530. The summed E-state index contributed by atoms with van der Waals surface area (Å²) >= 11 is 1.78. The Balaban J connectivity index is 1.82. The molecular formula is C16H28N2O3S2. The van der Waals surface area contributed by atoms with E-state index in [1.54, 1.807) is 16.1 Å². The lowest BCUT2D eigenvalue weighted by molar-refractivity contribution is -0.123. The Morgan fingerprint density at radius 3 is 2.48 bits per heavy atom. The first-order valence-corrected chi connectivity index (χ1v) is 10.9. The fourth-order valence-electron chi connectivity index (χ4n) is 3.22. The van der Waals surface area contributed by atoms with Crippen LogP contribution in [0.15, 0.2) is 11.6 Å². The summed E-state index contributed by atoms with van der Waals surface area (Å²) in [5, 5.41) is 2.82. The van der Waals surface area contributed by atoms with Gasteiger partial charge in [-0.05, 0) is 25.2 Å². The molecule has 1 saturated heterocycles. The highest BCUT2D eigenvalue weighted by Gasteiger charge is 2.60. The van der Waals surface area contributed by atoms with E-state index in [1.165, 1.54) is 5.57 Å². The van der Waals surface area contributed by atoms with Crippen LogP contribution in [-0.4, -0.2) is 55.5 Å². The van der Waals surface area contributed by atoms with Gasteiger partial charge >= 0.3 is 0 Å². The van der Waals surface area contributed by atoms with Crippen LogP contribution in [-0.2, 0) is 14.8 Å². The number of nitrogens with zero attached hydrogens (tertiary/aromatic N) is 1. The second-order valence-electron chi connectivity index (χ2n) is 7.19. The lowest BCUT2D eigenvalue weighted by Crippen LogP contribution is -2.42. The van der Waals surface area contributed by atoms with Crippen LogP contribution in [0.1, 0.15) is 27.7 Å². The maximum atomic E-state index is 12.3. The van der Waals surface area contributed by atoms with Gasteiger partial charge in [0.1, 0.15) is 0 Å². The molecule has 0 aromatic rings. The van der Waals surface area contributed by atoms with Crippen molar-refractivity contribution in [3.8, 4) is 0 Å². The smallest absolute Gasteiger partial charge is 0.224 e. The highest BCUT2D eigenvalue weighted by molar-refractivity contribution is 7.99. The number of hydrogen-bond acceptors (Lipinski definition) is 4. The molecule has 0 spiro atoms. The van der Waals surface area contributed by atoms with E-state index in [2.05, 4.69) is 25.2 Å². The van der Waals surface area contributed by atoms with Gasteiger partial charge in [-0.25, -0.2) is 12.7 Å². The predicted octanol–water partition coefficient (Wildman–Crippen LogP) is 1.72. The minimum Gasteiger partial charge on any atom is -0.355 e. The molecule has 7 heteroatoms. The van der Waals surface area contributed by atoms with Gasteiger partial charge < -0.3 is 5.32 Å². The molecule has 1 aliphatic heterocycles. The first-order chi connectivity index (χ1) is 10.7. The third kappa shape index (κ3) is 4.51. The minimum atomic E-state index is -3.25. The Labute approximate surface area is 144 Å². The molecule has 0 radical (unpaired) electrons. The van der Waals surface area contributed by atoms with Gasteiger partial charge in [0.15, 0.2) is 0 Å². The van der Waals surface area contributed by atoms with Crippen molar-refractivity contribution in [1.29, 1.82) is 0 Å². The number of thioether (sulfide) groups is 1. The van der Waals surface area contributed by atoms with Gasteiger partial charge in [0.05, 0.1) is 11.7 Å². The summed E-state index contributed by atoms with van der Waals surface area (Å²) in [6.07, 6.45) is 2.15. The third-order valence-corrected chi connectivity index (χ3v) is 7.54. The van der Waals surface area contributed by atoms with E-state index in [0.29, 0.717) is 13.1 Å². The highest BCUT2D eigenvalue weighted by atomic mass is 32.2. The van der Waals surface area contributed by atoms with E-state index in [1.807, 2.05) is 13.8 Å². The zero-order valence-corrected chi connectivity index (χ0v) is 16.1. The van der Waals surface area contributed by atoms with Crippen LogP contribution in [0.3, 0.4) is 0 Å². The molecule has 2 atom stereocenters. The molecule has 0 unspecified atom stereocenters. The monoisotopic (exact) mass is 360 g/mol. The maximum absolute atomic E-state index is 12.3. The average molecular weight is 361 g/mol. The van der Waals surface area contributed by atoms with Crippen LogP contribution in [0.2, 0.25) is 0 Å². The molecule has 0 bridgehead atoms. The highest BCUT2D eigenvalue weighted by Crippen LogP contribution is 2.59. The van der Waals surface area contributed by atoms with Crippen LogP contribution in [0, 0.1) is 17.3 Å². The fourth-order valence-corrected chi connectivity index (χ4v) is 5.71. The molecule has 1 amide bonds. The number of carbonyl (C=O) groups is 1. The number of nitrogens with one attached hydrogen (secondary N) is 1. The average Bonchev–Trinajstić information content (AvgIpc) is 2.99. The number of rotatable bonds is 6. The number of hydrogen-bond donors (Lipinski definition) is 1. The second-order valence-corrected chi connectivity index (χ2v) is 10.5. The van der Waals surface area contributed by atoms with E-state index in [4.69, 9.17) is 0 Å². The molecule has 1 heterocycles. The summed E-state index contributed by atoms with van der Waals surface area (Å²) in [4.78, 5) is 12.3. The summed E-state index contributed by atoms with van der Waals surface area (Å²) in [6, 6.07) is 0. The first-order valence-electron chi connectivity index (χ1n) is 8.14. The summed E-state index contributed by atoms with van der Waals surface area (Å²) in [5.41, 5.74) is 1.17. The Morgan fingerprint density at radius 2 is 1.91 bits per heavy atom. The van der Waals surface area contributed by atoms with Gasteiger partial charge in [0.25, 0.3) is 0 Å². The Morgan fingerprint density at radius 1 is 1.30 bits per heavy atom. The molecule has 2 fully saturated rings. The standard InChI is InChI=1S/C16H28N2O3S2/c1-12(2)11-13-14(16(13,3)4)15(19)17-5-10-23(20,21)18-6-8-22-9-7-18/h11,13-14H,5-10H2,1-4H3,(H,17,19)/t13-,14+/m0/s1. The minimum absolute atomic E-state index is 0.0101. The topological polar surface area (TPSA) is 66.5 Å². The zero-order valence-electron chi connectivity index (χ0n) is 14.5. The van der Waals surface area contributed by atoms with E-state index in [9.17, 15) is 13.2 Å². The van der Waals surface area contributed by atoms with Crippen molar-refractivity contribution in [2.45, 2.75) is 27.7 Å². The molecule has 1 saturated carbocycles. The zero-order chi connectivity index (χ0) is 17.3. The normalized spacial score (nSPS) is 27.3. The molecule has 23 heavy (non-hydrogen) atoms. The van der Waals surface area contributed by atoms with Crippen molar-refractivity contribution < 1.29 is 13.2 Å². The molecule has 2 aliphatic rings. The number of sulfonamides is 1. The quantitative estimate of drug-likeness (QED) is 0.733. The predicted molar refractivity (Wildman–Crippen MR) is 95.9 cm³/mol. The Bertz CT molecular complexity index is 574. The maximum Gasteiger partial charge on any atom is 0.224 e. The number of amides is 1. The van der Waals surface area contributed by atoms with E-state index >= 15 is 0 Å². The van der Waals surface area contributed by atoms with Crippen molar-refractivity contribution in [2.75, 3.05) is 36.9 Å². The van der Waals surface area contributed by atoms with Crippen LogP contribution < -0.4 is 5.32 Å². The van der Waals surface area contributed by atoms with Crippen molar-refractivity contribution >= 4 is 27.7 Å². The third-order valence-electron chi connectivity index (χ3n) is 4.73. The van der Waals surface area contributed by atoms with E-state index < -0.39 is 10.0 Å². The summed E-state index contributed by atoms with van der Waals surface area (Å²) in [6.45, 7) is 9.60. The van der Waals surface area contributed by atoms with Gasteiger partial charge in [0, 0.05) is 31.1 Å². The van der Waals surface area contributed by atoms with Crippen LogP contribution in [0.4, 0.5) is 0 Å². The van der Waals surface area contributed by atoms with Gasteiger partial charge in [-0.15, -0.1) is 0 Å². The number of carbonyl (C=O) groups excluding carboxylic acids is 1. The van der Waals surface area contributed by atoms with Crippen LogP contribution >= 0.6 is 11.8 Å². The first kappa shape index (κ1) is 18.8. The lowest BCUT2D eigenvalue weighted by atomic mass is 10.1. The van der Waals surface area contributed by atoms with Crippen LogP contribution in [0.5, 0.6) is 0 Å². The van der Waals surface area contributed by atoms with E-state index in [0.717, 1.165) is 11.5 Å². The fraction of sp³-hybridized carbons (Fsp3) is 0.812. The van der Waals surface area contributed by atoms with Crippen LogP contribution in [0.25, 0.3) is 0 Å². The van der Waals surface area contributed by atoms with Gasteiger partial charge in [-0.2, -0.15) is 11.8 Å². The van der Waals surface area contributed by atoms with Crippen molar-refractivity contribution in [2.24, 2.45) is 17.3 Å². The molecule has 5 nitrogen and oxygen atoms in total. The van der Waals surface area contributed by atoms with Crippen molar-refractivity contribution in [3.05, 3.63) is 11.6 Å². The molecule has 132 valence electrons. The van der Waals surface area contributed by atoms with Gasteiger partial charge in [-0.3, -0.25) is 4.79 Å². The molecular weight excluding hydrogens is 332 g/mol. The van der Waals surface area contributed by atoms with E-state index in [-0.39, 0.29) is 35.5 Å².